The van der Waals surface area contributed by atoms with Gasteiger partial charge in [0.15, 0.2) is 5.96 Å². The molecule has 0 spiro atoms. The Morgan fingerprint density at radius 2 is 2.00 bits per heavy atom. The van der Waals surface area contributed by atoms with Crippen LogP contribution in [0.5, 0.6) is 5.88 Å². The number of hydrogen-bond acceptors (Lipinski definition) is 5. The van der Waals surface area contributed by atoms with E-state index in [1.165, 1.54) is 12.8 Å². The molecular weight excluding hydrogens is 481 g/mol. The Morgan fingerprint density at radius 1 is 1.28 bits per heavy atom. The van der Waals surface area contributed by atoms with Gasteiger partial charge in [0.2, 0.25) is 5.88 Å². The summed E-state index contributed by atoms with van der Waals surface area (Å²) in [5.74, 6) is 1.53. The second kappa shape index (κ2) is 11.9. The molecule has 2 fully saturated rings. The molecule has 2 heterocycles. The van der Waals surface area contributed by atoms with Gasteiger partial charge in [0.05, 0.1) is 13.2 Å². The van der Waals surface area contributed by atoms with Gasteiger partial charge in [-0.25, -0.2) is 4.98 Å². The van der Waals surface area contributed by atoms with Crippen LogP contribution >= 0.6 is 24.0 Å². The Morgan fingerprint density at radius 3 is 2.69 bits per heavy atom. The third-order valence-electron chi connectivity index (χ3n) is 5.66. The van der Waals surface area contributed by atoms with Crippen molar-refractivity contribution < 1.29 is 9.47 Å². The van der Waals surface area contributed by atoms with E-state index in [0.717, 1.165) is 63.1 Å². The minimum Gasteiger partial charge on any atom is -0.474 e. The fraction of sp³-hybridized carbons (Fsp3) is 0.714. The molecule has 29 heavy (non-hydrogen) atoms. The van der Waals surface area contributed by atoms with Crippen LogP contribution < -0.4 is 15.4 Å². The van der Waals surface area contributed by atoms with Gasteiger partial charge in [0, 0.05) is 50.5 Å². The summed E-state index contributed by atoms with van der Waals surface area (Å²) < 4.78 is 11.6. The van der Waals surface area contributed by atoms with Gasteiger partial charge < -0.3 is 20.1 Å². The monoisotopic (exact) mass is 517 g/mol. The molecule has 0 atom stereocenters. The van der Waals surface area contributed by atoms with Crippen molar-refractivity contribution in [3.05, 3.63) is 23.9 Å². The van der Waals surface area contributed by atoms with E-state index in [4.69, 9.17) is 9.47 Å². The molecule has 1 saturated heterocycles. The van der Waals surface area contributed by atoms with Crippen molar-refractivity contribution in [2.24, 2.45) is 4.99 Å². The molecule has 3 rings (SSSR count). The smallest absolute Gasteiger partial charge is 0.218 e. The van der Waals surface area contributed by atoms with E-state index in [2.05, 4.69) is 45.4 Å². The maximum atomic E-state index is 6.14. The second-order valence-electron chi connectivity index (χ2n) is 8.18. The molecule has 1 aliphatic heterocycles. The van der Waals surface area contributed by atoms with Crippen LogP contribution in [-0.2, 0) is 11.3 Å². The van der Waals surface area contributed by atoms with Crippen molar-refractivity contribution in [2.75, 3.05) is 39.9 Å². The van der Waals surface area contributed by atoms with Gasteiger partial charge in [-0.05, 0) is 45.6 Å². The first-order valence-corrected chi connectivity index (χ1v) is 10.5. The molecule has 2 N–H and O–H groups in total. The lowest BCUT2D eigenvalue weighted by Gasteiger charge is -2.41. The lowest BCUT2D eigenvalue weighted by atomic mass is 10.0. The molecule has 1 aromatic heterocycles. The van der Waals surface area contributed by atoms with Crippen molar-refractivity contribution >= 4 is 29.9 Å². The molecule has 0 aromatic carbocycles. The number of hydrogen-bond donors (Lipinski definition) is 2. The number of guanidine groups is 1. The number of halogens is 1. The number of ether oxygens (including phenoxy) is 2. The fourth-order valence-electron chi connectivity index (χ4n) is 3.81. The van der Waals surface area contributed by atoms with Crippen molar-refractivity contribution in [3.63, 3.8) is 0 Å². The highest BCUT2D eigenvalue weighted by atomic mass is 127. The van der Waals surface area contributed by atoms with E-state index in [1.807, 2.05) is 6.07 Å². The summed E-state index contributed by atoms with van der Waals surface area (Å²) in [5, 5.41) is 6.87. The summed E-state index contributed by atoms with van der Waals surface area (Å²) in [6.45, 7) is 9.51. The van der Waals surface area contributed by atoms with Crippen molar-refractivity contribution in [3.8, 4) is 5.88 Å². The lowest BCUT2D eigenvalue weighted by molar-refractivity contribution is -0.00834. The molecule has 0 amide bonds. The molecule has 2 aliphatic rings. The van der Waals surface area contributed by atoms with E-state index in [0.29, 0.717) is 12.6 Å². The highest BCUT2D eigenvalue weighted by Gasteiger charge is 2.28. The second-order valence-corrected chi connectivity index (χ2v) is 8.18. The summed E-state index contributed by atoms with van der Waals surface area (Å²) in [6.07, 6.45) is 6.86. The number of nitrogens with one attached hydrogen (secondary N) is 2. The van der Waals surface area contributed by atoms with Crippen LogP contribution in [0.25, 0.3) is 0 Å². The van der Waals surface area contributed by atoms with Crippen molar-refractivity contribution in [2.45, 2.75) is 57.7 Å². The quantitative estimate of drug-likeness (QED) is 0.330. The molecule has 0 unspecified atom stereocenters. The van der Waals surface area contributed by atoms with Crippen LogP contribution in [0, 0.1) is 0 Å². The Bertz CT molecular complexity index is 644. The van der Waals surface area contributed by atoms with E-state index in [1.54, 1.807) is 13.2 Å². The van der Waals surface area contributed by atoms with E-state index in [9.17, 15) is 0 Å². The van der Waals surface area contributed by atoms with Gasteiger partial charge in [-0.3, -0.25) is 9.89 Å². The predicted molar refractivity (Wildman–Crippen MR) is 127 cm³/mol. The molecule has 1 aliphatic carbocycles. The highest BCUT2D eigenvalue weighted by Crippen LogP contribution is 2.25. The lowest BCUT2D eigenvalue weighted by Crippen LogP contribution is -2.56. The van der Waals surface area contributed by atoms with Crippen LogP contribution in [0.15, 0.2) is 23.3 Å². The van der Waals surface area contributed by atoms with Crippen molar-refractivity contribution in [1.82, 2.24) is 20.5 Å². The van der Waals surface area contributed by atoms with Gasteiger partial charge in [0.1, 0.15) is 6.10 Å². The van der Waals surface area contributed by atoms with Gasteiger partial charge in [-0.2, -0.15) is 0 Å². The normalized spacial score (nSPS) is 18.9. The first kappa shape index (κ1) is 24.1. The first-order chi connectivity index (χ1) is 13.6. The van der Waals surface area contributed by atoms with Crippen LogP contribution in [-0.4, -0.2) is 67.4 Å². The van der Waals surface area contributed by atoms with Crippen molar-refractivity contribution in [1.29, 1.82) is 0 Å². The fourth-order valence-corrected chi connectivity index (χ4v) is 3.81. The molecule has 0 radical (unpaired) electrons. The number of aromatic nitrogens is 1. The average Bonchev–Trinajstić information content (AvgIpc) is 3.23. The topological polar surface area (TPSA) is 71.0 Å². The zero-order valence-electron chi connectivity index (χ0n) is 17.9. The van der Waals surface area contributed by atoms with Crippen LogP contribution in [0.2, 0.25) is 0 Å². The van der Waals surface area contributed by atoms with Gasteiger partial charge >= 0.3 is 0 Å². The zero-order valence-corrected chi connectivity index (χ0v) is 20.3. The third-order valence-corrected chi connectivity index (χ3v) is 5.66. The number of pyridine rings is 1. The summed E-state index contributed by atoms with van der Waals surface area (Å²) in [7, 11) is 1.80. The first-order valence-electron chi connectivity index (χ1n) is 10.5. The number of aliphatic imine (C=N–C) groups is 1. The van der Waals surface area contributed by atoms with Gasteiger partial charge in [0.25, 0.3) is 0 Å². The molecule has 7 nitrogen and oxygen atoms in total. The molecular formula is C21H36IN5O2. The Labute approximate surface area is 192 Å². The predicted octanol–water partition coefficient (Wildman–Crippen LogP) is 2.80. The molecule has 1 saturated carbocycles. The van der Waals surface area contributed by atoms with Crippen LogP contribution in [0.3, 0.4) is 0 Å². The minimum absolute atomic E-state index is 0. The SMILES string of the molecule is CN=C(NCc1cccnc1OC1CCCC1)NCC(C)(C)N1CCOCC1.I. The molecule has 8 heteroatoms. The zero-order chi connectivity index (χ0) is 19.8. The number of morpholine rings is 1. The Kier molecular flexibility index (Phi) is 9.91. The summed E-state index contributed by atoms with van der Waals surface area (Å²) >= 11 is 0. The maximum absolute atomic E-state index is 6.14. The minimum atomic E-state index is 0. The van der Waals surface area contributed by atoms with Crippen LogP contribution in [0.1, 0.15) is 45.1 Å². The van der Waals surface area contributed by atoms with Gasteiger partial charge in [-0.15, -0.1) is 24.0 Å². The summed E-state index contributed by atoms with van der Waals surface area (Å²) in [4.78, 5) is 11.3. The Balaban J connectivity index is 0.00000300. The third kappa shape index (κ3) is 7.25. The van der Waals surface area contributed by atoms with Gasteiger partial charge in [-0.1, -0.05) is 6.07 Å². The highest BCUT2D eigenvalue weighted by molar-refractivity contribution is 14.0. The molecule has 164 valence electrons. The van der Waals surface area contributed by atoms with E-state index >= 15 is 0 Å². The number of nitrogens with zero attached hydrogens (tertiary/aromatic N) is 3. The molecule has 1 aromatic rings. The van der Waals surface area contributed by atoms with Crippen LogP contribution in [0.4, 0.5) is 0 Å². The summed E-state index contributed by atoms with van der Waals surface area (Å²) in [6, 6.07) is 4.02. The number of rotatable bonds is 7. The average molecular weight is 517 g/mol. The van der Waals surface area contributed by atoms with E-state index in [-0.39, 0.29) is 29.5 Å². The largest absolute Gasteiger partial charge is 0.474 e. The standard InChI is InChI=1S/C21H35N5O2.HI/c1-21(2,26-11-13-27-14-12-26)16-25-20(22-3)24-15-17-7-6-10-23-19(17)28-18-8-4-5-9-18;/h6-7,10,18H,4-5,8-9,11-16H2,1-3H3,(H2,22,24,25);1H. The molecule has 0 bridgehead atoms. The van der Waals surface area contributed by atoms with E-state index < -0.39 is 0 Å². The maximum Gasteiger partial charge on any atom is 0.218 e. The Hall–Kier alpha value is -1.13. The summed E-state index contributed by atoms with van der Waals surface area (Å²) in [5.41, 5.74) is 1.09.